The Balaban J connectivity index is 1.71. The molecule has 3 aromatic rings. The summed E-state index contributed by atoms with van der Waals surface area (Å²) in [5.74, 6) is 0.830. The third kappa shape index (κ3) is 4.41. The van der Waals surface area contributed by atoms with Crippen molar-refractivity contribution in [3.63, 3.8) is 0 Å². The lowest BCUT2D eigenvalue weighted by Crippen LogP contribution is -2.16. The summed E-state index contributed by atoms with van der Waals surface area (Å²) >= 11 is 13.3. The number of nitrogens with one attached hydrogen (secondary N) is 1. The van der Waals surface area contributed by atoms with Crippen LogP contribution in [0.25, 0.3) is 0 Å². The van der Waals surface area contributed by atoms with E-state index >= 15 is 0 Å². The van der Waals surface area contributed by atoms with Crippen LogP contribution in [0.3, 0.4) is 0 Å². The maximum Gasteiger partial charge on any atom is 0.234 e. The van der Waals surface area contributed by atoms with Crippen LogP contribution in [0.1, 0.15) is 19.2 Å². The lowest BCUT2D eigenvalue weighted by atomic mass is 10.3. The lowest BCUT2D eigenvalue weighted by molar-refractivity contribution is -0.113. The van der Waals surface area contributed by atoms with E-state index in [9.17, 15) is 4.79 Å². The van der Waals surface area contributed by atoms with Crippen molar-refractivity contribution in [3.8, 4) is 0 Å². The first-order valence-corrected chi connectivity index (χ1v) is 9.78. The molecular weight excluding hydrogens is 393 g/mol. The summed E-state index contributed by atoms with van der Waals surface area (Å²) in [5, 5.41) is 12.8. The van der Waals surface area contributed by atoms with Gasteiger partial charge in [0.15, 0.2) is 5.82 Å². The van der Waals surface area contributed by atoms with Crippen molar-refractivity contribution in [1.82, 2.24) is 19.5 Å². The van der Waals surface area contributed by atoms with Gasteiger partial charge in [-0.1, -0.05) is 41.9 Å². The molecular formula is C17H17Cl2N5OS. The van der Waals surface area contributed by atoms with Gasteiger partial charge in [0, 0.05) is 23.8 Å². The van der Waals surface area contributed by atoms with E-state index in [-0.39, 0.29) is 11.7 Å². The number of halogens is 2. The van der Waals surface area contributed by atoms with Crippen LogP contribution >= 0.6 is 35.0 Å². The molecule has 3 rings (SSSR count). The Morgan fingerprint density at radius 1 is 1.23 bits per heavy atom. The van der Waals surface area contributed by atoms with Gasteiger partial charge < -0.3 is 5.32 Å². The Hall–Kier alpha value is -1.96. The van der Waals surface area contributed by atoms with Crippen molar-refractivity contribution in [3.05, 3.63) is 58.6 Å². The summed E-state index contributed by atoms with van der Waals surface area (Å²) in [6.07, 6.45) is 5.59. The third-order valence-electron chi connectivity index (χ3n) is 3.50. The largest absolute Gasteiger partial charge is 0.324 e. The van der Waals surface area contributed by atoms with E-state index in [4.69, 9.17) is 23.2 Å². The van der Waals surface area contributed by atoms with Gasteiger partial charge in [-0.05, 0) is 36.8 Å². The first kappa shape index (κ1) is 18.8. The summed E-state index contributed by atoms with van der Waals surface area (Å²) < 4.78 is 3.81. The van der Waals surface area contributed by atoms with E-state index in [0.29, 0.717) is 20.9 Å². The van der Waals surface area contributed by atoms with Crippen LogP contribution in [0, 0.1) is 0 Å². The molecule has 26 heavy (non-hydrogen) atoms. The first-order valence-electron chi connectivity index (χ1n) is 8.04. The van der Waals surface area contributed by atoms with Crippen molar-refractivity contribution >= 4 is 46.6 Å². The number of hydrogen-bond donors (Lipinski definition) is 1. The van der Waals surface area contributed by atoms with E-state index < -0.39 is 0 Å². The molecule has 136 valence electrons. The van der Waals surface area contributed by atoms with Gasteiger partial charge >= 0.3 is 0 Å². The molecule has 0 unspecified atom stereocenters. The van der Waals surface area contributed by atoms with Crippen LogP contribution in [0.5, 0.6) is 0 Å². The Bertz CT molecular complexity index is 895. The average Bonchev–Trinajstić information content (AvgIpc) is 3.26. The summed E-state index contributed by atoms with van der Waals surface area (Å²) in [6, 6.07) is 8.79. The zero-order valence-electron chi connectivity index (χ0n) is 14.0. The van der Waals surface area contributed by atoms with Gasteiger partial charge in [-0.15, -0.1) is 10.2 Å². The van der Waals surface area contributed by atoms with Crippen LogP contribution in [0.15, 0.2) is 47.9 Å². The number of benzene rings is 1. The Morgan fingerprint density at radius 3 is 2.73 bits per heavy atom. The quantitative estimate of drug-likeness (QED) is 0.587. The number of carbonyl (C=O) groups is 1. The molecule has 0 saturated carbocycles. The lowest BCUT2D eigenvalue weighted by Gasteiger charge is -2.11. The molecule has 0 aliphatic carbocycles. The minimum absolute atomic E-state index is 0.175. The maximum absolute atomic E-state index is 12.3. The van der Waals surface area contributed by atoms with E-state index in [1.165, 1.54) is 11.8 Å². The Labute approximate surface area is 165 Å². The van der Waals surface area contributed by atoms with Crippen molar-refractivity contribution in [2.45, 2.75) is 24.9 Å². The smallest absolute Gasteiger partial charge is 0.234 e. The van der Waals surface area contributed by atoms with Crippen molar-refractivity contribution in [2.24, 2.45) is 0 Å². The fraction of sp³-hybridized carbons (Fsp3) is 0.235. The first-order chi connectivity index (χ1) is 12.6. The zero-order valence-corrected chi connectivity index (χ0v) is 16.4. The molecule has 0 bridgehead atoms. The number of aromatic nitrogens is 4. The van der Waals surface area contributed by atoms with Gasteiger partial charge in [-0.25, -0.2) is 4.68 Å². The predicted octanol–water partition coefficient (Wildman–Crippen LogP) is 4.38. The number of aryl methyl sites for hydroxylation is 1. The monoisotopic (exact) mass is 409 g/mol. The number of carbonyl (C=O) groups excluding carboxylic acids is 1. The van der Waals surface area contributed by atoms with Crippen LogP contribution in [-0.2, 0) is 11.2 Å². The molecule has 0 aliphatic rings. The molecule has 6 nitrogen and oxygen atoms in total. The van der Waals surface area contributed by atoms with Gasteiger partial charge in [-0.2, -0.15) is 0 Å². The molecule has 1 amide bonds. The normalized spacial score (nSPS) is 10.9. The number of thioether (sulfide) groups is 1. The van der Waals surface area contributed by atoms with Crippen LogP contribution in [-0.4, -0.2) is 31.2 Å². The van der Waals surface area contributed by atoms with E-state index in [1.807, 2.05) is 33.9 Å². The minimum atomic E-state index is -0.196. The maximum atomic E-state index is 12.3. The number of anilines is 1. The van der Waals surface area contributed by atoms with Gasteiger partial charge in [0.1, 0.15) is 0 Å². The van der Waals surface area contributed by atoms with Crippen molar-refractivity contribution in [2.75, 3.05) is 11.1 Å². The number of hydrogen-bond acceptors (Lipinski definition) is 4. The number of rotatable bonds is 7. The Morgan fingerprint density at radius 2 is 2.00 bits per heavy atom. The van der Waals surface area contributed by atoms with Crippen LogP contribution in [0.2, 0.25) is 10.0 Å². The average molecular weight is 410 g/mol. The van der Waals surface area contributed by atoms with Crippen LogP contribution < -0.4 is 5.32 Å². The molecule has 0 saturated heterocycles. The van der Waals surface area contributed by atoms with Gasteiger partial charge in [0.05, 0.1) is 16.5 Å². The fourth-order valence-electron chi connectivity index (χ4n) is 2.37. The van der Waals surface area contributed by atoms with Crippen LogP contribution in [0.4, 0.5) is 5.69 Å². The molecule has 0 atom stereocenters. The highest BCUT2D eigenvalue weighted by Gasteiger charge is 2.15. The predicted molar refractivity (Wildman–Crippen MR) is 105 cm³/mol. The van der Waals surface area contributed by atoms with E-state index in [1.54, 1.807) is 18.2 Å². The molecule has 0 aliphatic heterocycles. The van der Waals surface area contributed by atoms with Gasteiger partial charge in [0.25, 0.3) is 0 Å². The number of nitrogens with zero attached hydrogens (tertiary/aromatic N) is 4. The molecule has 0 spiro atoms. The minimum Gasteiger partial charge on any atom is -0.324 e. The second kappa shape index (κ2) is 8.62. The SMILES string of the molecule is CCCc1nnc(SCC(=O)Nc2cc(Cl)ccc2Cl)n1-n1cccc1. The fourth-order valence-corrected chi connectivity index (χ4v) is 3.46. The molecule has 1 N–H and O–H groups in total. The van der Waals surface area contributed by atoms with Gasteiger partial charge in [0.2, 0.25) is 11.1 Å². The summed E-state index contributed by atoms with van der Waals surface area (Å²) in [5.41, 5.74) is 0.489. The molecule has 0 radical (unpaired) electrons. The molecule has 9 heteroatoms. The summed E-state index contributed by atoms with van der Waals surface area (Å²) in [4.78, 5) is 12.3. The van der Waals surface area contributed by atoms with Gasteiger partial charge in [-0.3, -0.25) is 9.47 Å². The zero-order chi connectivity index (χ0) is 18.5. The van der Waals surface area contributed by atoms with Crippen molar-refractivity contribution in [1.29, 1.82) is 0 Å². The molecule has 2 heterocycles. The molecule has 0 fully saturated rings. The number of amides is 1. The summed E-state index contributed by atoms with van der Waals surface area (Å²) in [6.45, 7) is 2.09. The second-order valence-corrected chi connectivity index (χ2v) is 7.27. The van der Waals surface area contributed by atoms with E-state index in [0.717, 1.165) is 18.7 Å². The highest BCUT2D eigenvalue weighted by atomic mass is 35.5. The summed E-state index contributed by atoms with van der Waals surface area (Å²) in [7, 11) is 0. The standard InChI is InChI=1S/C17H17Cl2N5OS/c1-2-5-15-21-22-17(24(15)23-8-3-4-9-23)26-11-16(25)20-14-10-12(18)6-7-13(14)19/h3-4,6-10H,2,5,11H2,1H3,(H,20,25). The second-order valence-electron chi connectivity index (χ2n) is 5.48. The third-order valence-corrected chi connectivity index (χ3v) is 4.99. The van der Waals surface area contributed by atoms with Crippen molar-refractivity contribution < 1.29 is 4.79 Å². The Kier molecular flexibility index (Phi) is 6.24. The van der Waals surface area contributed by atoms with E-state index in [2.05, 4.69) is 22.4 Å². The molecule has 2 aromatic heterocycles. The highest BCUT2D eigenvalue weighted by Crippen LogP contribution is 2.26. The highest BCUT2D eigenvalue weighted by molar-refractivity contribution is 7.99. The topological polar surface area (TPSA) is 64.7 Å². The molecule has 1 aromatic carbocycles.